The number of ether oxygens (including phenoxy) is 2. The number of pyridine rings is 1. The van der Waals surface area contributed by atoms with E-state index in [9.17, 15) is 0 Å². The van der Waals surface area contributed by atoms with Crippen LogP contribution in [0.15, 0.2) is 18.3 Å². The topological polar surface area (TPSA) is 55.4 Å². The van der Waals surface area contributed by atoms with Gasteiger partial charge < -0.3 is 20.1 Å². The number of aromatic nitrogens is 1. The molecule has 0 aliphatic carbocycles. The van der Waals surface area contributed by atoms with Crippen LogP contribution in [-0.2, 0) is 11.3 Å². The maximum atomic E-state index is 5.15. The highest BCUT2D eigenvalue weighted by atomic mass is 32.1. The standard InChI is InChI=1S/C12H19N3O2S/c1-16-7-3-5-14-12(18)15-9-10-4-6-13-11(8-10)17-2/h4,6,8H,3,5,7,9H2,1-2H3,(H2,14,15,18). The Kier molecular flexibility index (Phi) is 7.05. The van der Waals surface area contributed by atoms with Crippen LogP contribution in [0.5, 0.6) is 5.88 Å². The lowest BCUT2D eigenvalue weighted by Gasteiger charge is -2.10. The molecule has 0 saturated heterocycles. The quantitative estimate of drug-likeness (QED) is 0.571. The number of rotatable bonds is 7. The molecule has 0 radical (unpaired) electrons. The number of hydrogen-bond donors (Lipinski definition) is 2. The Hall–Kier alpha value is -1.40. The molecule has 0 aromatic carbocycles. The SMILES string of the molecule is COCCCNC(=S)NCc1ccnc(OC)c1. The minimum absolute atomic E-state index is 0.605. The summed E-state index contributed by atoms with van der Waals surface area (Å²) in [6.45, 7) is 2.19. The Morgan fingerprint density at radius 2 is 2.22 bits per heavy atom. The lowest BCUT2D eigenvalue weighted by atomic mass is 10.2. The lowest BCUT2D eigenvalue weighted by molar-refractivity contribution is 0.195. The highest BCUT2D eigenvalue weighted by Crippen LogP contribution is 2.07. The molecule has 6 heteroatoms. The fourth-order valence-electron chi connectivity index (χ4n) is 1.34. The molecule has 5 nitrogen and oxygen atoms in total. The number of hydrogen-bond acceptors (Lipinski definition) is 4. The summed E-state index contributed by atoms with van der Waals surface area (Å²) in [5.41, 5.74) is 1.07. The van der Waals surface area contributed by atoms with E-state index < -0.39 is 0 Å². The third kappa shape index (κ3) is 5.79. The van der Waals surface area contributed by atoms with Gasteiger partial charge in [-0.3, -0.25) is 0 Å². The highest BCUT2D eigenvalue weighted by molar-refractivity contribution is 7.80. The van der Waals surface area contributed by atoms with Gasteiger partial charge in [0.05, 0.1) is 7.11 Å². The molecular formula is C12H19N3O2S. The van der Waals surface area contributed by atoms with Crippen LogP contribution in [0.2, 0.25) is 0 Å². The predicted molar refractivity (Wildman–Crippen MR) is 74.7 cm³/mol. The van der Waals surface area contributed by atoms with Gasteiger partial charge in [0.25, 0.3) is 0 Å². The molecule has 1 heterocycles. The maximum Gasteiger partial charge on any atom is 0.213 e. The van der Waals surface area contributed by atoms with E-state index in [0.29, 0.717) is 17.5 Å². The van der Waals surface area contributed by atoms with Gasteiger partial charge in [-0.15, -0.1) is 0 Å². The zero-order valence-electron chi connectivity index (χ0n) is 10.7. The Morgan fingerprint density at radius 3 is 2.94 bits per heavy atom. The first-order valence-electron chi connectivity index (χ1n) is 5.76. The summed E-state index contributed by atoms with van der Waals surface area (Å²) in [7, 11) is 3.29. The van der Waals surface area contributed by atoms with Gasteiger partial charge in [0.15, 0.2) is 5.11 Å². The largest absolute Gasteiger partial charge is 0.481 e. The van der Waals surface area contributed by atoms with Gasteiger partial charge in [-0.2, -0.15) is 0 Å². The van der Waals surface area contributed by atoms with Crippen LogP contribution < -0.4 is 15.4 Å². The molecule has 0 aliphatic heterocycles. The molecule has 2 N–H and O–H groups in total. The number of nitrogens with one attached hydrogen (secondary N) is 2. The summed E-state index contributed by atoms with van der Waals surface area (Å²) in [4.78, 5) is 4.04. The van der Waals surface area contributed by atoms with Crippen LogP contribution in [0.3, 0.4) is 0 Å². The molecule has 0 amide bonds. The van der Waals surface area contributed by atoms with Crippen molar-refractivity contribution in [2.45, 2.75) is 13.0 Å². The summed E-state index contributed by atoms with van der Waals surface area (Å²) in [6.07, 6.45) is 2.65. The van der Waals surface area contributed by atoms with Gasteiger partial charge in [0.2, 0.25) is 5.88 Å². The van der Waals surface area contributed by atoms with Crippen molar-refractivity contribution in [2.75, 3.05) is 27.4 Å². The zero-order chi connectivity index (χ0) is 13.2. The number of nitrogens with zero attached hydrogens (tertiary/aromatic N) is 1. The van der Waals surface area contributed by atoms with Gasteiger partial charge >= 0.3 is 0 Å². The second-order valence-electron chi connectivity index (χ2n) is 3.66. The average Bonchev–Trinajstić information content (AvgIpc) is 2.41. The first-order chi connectivity index (χ1) is 8.76. The lowest BCUT2D eigenvalue weighted by Crippen LogP contribution is -2.35. The van der Waals surface area contributed by atoms with E-state index in [1.807, 2.05) is 12.1 Å². The van der Waals surface area contributed by atoms with E-state index in [1.165, 1.54) is 0 Å². The molecular weight excluding hydrogens is 250 g/mol. The van der Waals surface area contributed by atoms with Crippen LogP contribution in [0.1, 0.15) is 12.0 Å². The molecule has 18 heavy (non-hydrogen) atoms. The van der Waals surface area contributed by atoms with Crippen LogP contribution in [-0.4, -0.2) is 37.5 Å². The first kappa shape index (κ1) is 14.7. The summed E-state index contributed by atoms with van der Waals surface area (Å²) >= 11 is 5.15. The third-order valence-electron chi connectivity index (χ3n) is 2.27. The summed E-state index contributed by atoms with van der Waals surface area (Å²) in [5.74, 6) is 0.605. The molecule has 1 aromatic heterocycles. The van der Waals surface area contributed by atoms with E-state index >= 15 is 0 Å². The molecule has 0 fully saturated rings. The van der Waals surface area contributed by atoms with E-state index in [2.05, 4.69) is 15.6 Å². The minimum atomic E-state index is 0.605. The normalized spacial score (nSPS) is 9.89. The molecule has 100 valence electrons. The maximum absolute atomic E-state index is 5.15. The van der Waals surface area contributed by atoms with Crippen molar-refractivity contribution >= 4 is 17.3 Å². The monoisotopic (exact) mass is 269 g/mol. The third-order valence-corrected chi connectivity index (χ3v) is 2.56. The fourth-order valence-corrected chi connectivity index (χ4v) is 1.51. The molecule has 0 atom stereocenters. The van der Waals surface area contributed by atoms with Gasteiger partial charge in [-0.25, -0.2) is 4.98 Å². The molecule has 0 bridgehead atoms. The van der Waals surface area contributed by atoms with Crippen molar-refractivity contribution in [1.29, 1.82) is 0 Å². The van der Waals surface area contributed by atoms with E-state index in [4.69, 9.17) is 21.7 Å². The van der Waals surface area contributed by atoms with Crippen molar-refractivity contribution in [1.82, 2.24) is 15.6 Å². The van der Waals surface area contributed by atoms with Gasteiger partial charge in [-0.05, 0) is 30.3 Å². The van der Waals surface area contributed by atoms with E-state index in [0.717, 1.165) is 25.1 Å². The highest BCUT2D eigenvalue weighted by Gasteiger charge is 1.98. The number of thiocarbonyl (C=S) groups is 1. The molecule has 0 unspecified atom stereocenters. The van der Waals surface area contributed by atoms with E-state index in [1.54, 1.807) is 20.4 Å². The number of methoxy groups -OCH3 is 2. The van der Waals surface area contributed by atoms with Crippen molar-refractivity contribution < 1.29 is 9.47 Å². The Labute approximate surface area is 113 Å². The molecule has 0 aliphatic rings. The molecule has 1 aromatic rings. The second-order valence-corrected chi connectivity index (χ2v) is 4.07. The van der Waals surface area contributed by atoms with Crippen LogP contribution in [0.4, 0.5) is 0 Å². The average molecular weight is 269 g/mol. The Morgan fingerprint density at radius 1 is 1.39 bits per heavy atom. The molecule has 0 spiro atoms. The smallest absolute Gasteiger partial charge is 0.213 e. The first-order valence-corrected chi connectivity index (χ1v) is 6.16. The van der Waals surface area contributed by atoms with Crippen LogP contribution in [0, 0.1) is 0 Å². The van der Waals surface area contributed by atoms with Gasteiger partial charge in [0, 0.05) is 39.1 Å². The van der Waals surface area contributed by atoms with Crippen molar-refractivity contribution in [2.24, 2.45) is 0 Å². The molecule has 0 saturated carbocycles. The second kappa shape index (κ2) is 8.66. The van der Waals surface area contributed by atoms with Gasteiger partial charge in [-0.1, -0.05) is 0 Å². The summed E-state index contributed by atoms with van der Waals surface area (Å²) < 4.78 is 10.0. The van der Waals surface area contributed by atoms with E-state index in [-0.39, 0.29) is 0 Å². The summed E-state index contributed by atoms with van der Waals surface area (Å²) in [6, 6.07) is 3.80. The fraction of sp³-hybridized carbons (Fsp3) is 0.500. The van der Waals surface area contributed by atoms with Crippen molar-refractivity contribution in [3.05, 3.63) is 23.9 Å². The van der Waals surface area contributed by atoms with Crippen LogP contribution in [0.25, 0.3) is 0 Å². The van der Waals surface area contributed by atoms with Crippen molar-refractivity contribution in [3.8, 4) is 5.88 Å². The Balaban J connectivity index is 2.24. The van der Waals surface area contributed by atoms with Gasteiger partial charge in [0.1, 0.15) is 0 Å². The molecule has 1 rings (SSSR count). The Bertz CT molecular complexity index is 374. The van der Waals surface area contributed by atoms with Crippen LogP contribution >= 0.6 is 12.2 Å². The predicted octanol–water partition coefficient (Wildman–Crippen LogP) is 1.09. The minimum Gasteiger partial charge on any atom is -0.481 e. The zero-order valence-corrected chi connectivity index (χ0v) is 11.5. The van der Waals surface area contributed by atoms with Crippen molar-refractivity contribution in [3.63, 3.8) is 0 Å². The summed E-state index contributed by atoms with van der Waals surface area (Å²) in [5, 5.41) is 6.87.